The Labute approximate surface area is 73.8 Å². The minimum atomic E-state index is -0.799. The Bertz CT molecular complexity index is 390. The summed E-state index contributed by atoms with van der Waals surface area (Å²) in [7, 11) is 0. The van der Waals surface area contributed by atoms with Crippen LogP contribution in [0.2, 0.25) is 0 Å². The number of hydrogen-bond acceptors (Lipinski definition) is 2. The lowest BCUT2D eigenvalue weighted by Crippen LogP contribution is -2.11. The zero-order chi connectivity index (χ0) is 9.42. The highest BCUT2D eigenvalue weighted by molar-refractivity contribution is 5.67. The first-order valence-corrected chi connectivity index (χ1v) is 4.17. The average Bonchev–Trinajstić information content (AvgIpc) is 2.53. The van der Waals surface area contributed by atoms with Gasteiger partial charge in [0.2, 0.25) is 0 Å². The van der Waals surface area contributed by atoms with Crippen molar-refractivity contribution in [2.75, 3.05) is 0 Å². The third kappa shape index (κ3) is 1.37. The molecule has 5 heteroatoms. The van der Waals surface area contributed by atoms with Gasteiger partial charge in [0.15, 0.2) is 0 Å². The molecule has 0 aliphatic heterocycles. The summed E-state index contributed by atoms with van der Waals surface area (Å²) in [6.07, 6.45) is 1.39. The molecule has 13 heavy (non-hydrogen) atoms. The van der Waals surface area contributed by atoms with Gasteiger partial charge in [-0.15, -0.1) is 0 Å². The quantitative estimate of drug-likeness (QED) is 0.596. The number of fused-ring (bicyclic) bond motifs is 1. The lowest BCUT2D eigenvalue weighted by Gasteiger charge is -2.03. The van der Waals surface area contributed by atoms with Gasteiger partial charge in [0, 0.05) is 17.7 Å². The lowest BCUT2D eigenvalue weighted by atomic mass is 10.0. The van der Waals surface area contributed by atoms with Crippen molar-refractivity contribution in [3.05, 3.63) is 21.6 Å². The van der Waals surface area contributed by atoms with Crippen molar-refractivity contribution < 1.29 is 9.90 Å². The molecule has 1 heterocycles. The number of carbonyl (C=O) groups is 1. The predicted molar refractivity (Wildman–Crippen MR) is 44.6 cm³/mol. The first kappa shape index (κ1) is 8.10. The van der Waals surface area contributed by atoms with E-state index in [1.165, 1.54) is 0 Å². The van der Waals surface area contributed by atoms with Gasteiger partial charge < -0.3 is 10.2 Å². The summed E-state index contributed by atoms with van der Waals surface area (Å²) in [5.74, 6) is -0.715. The van der Waals surface area contributed by atoms with Gasteiger partial charge >= 0.3 is 5.97 Å². The van der Waals surface area contributed by atoms with E-state index in [0.717, 1.165) is 11.3 Å². The Kier molecular flexibility index (Phi) is 1.72. The van der Waals surface area contributed by atoms with E-state index in [-0.39, 0.29) is 17.9 Å². The van der Waals surface area contributed by atoms with E-state index in [1.54, 1.807) is 0 Å². The molecule has 1 aliphatic carbocycles. The zero-order valence-electron chi connectivity index (χ0n) is 6.96. The molecular weight excluding hydrogens is 172 g/mol. The number of nitrogens with one attached hydrogen (secondary N) is 2. The minimum Gasteiger partial charge on any atom is -0.481 e. The van der Waals surface area contributed by atoms with E-state index in [4.69, 9.17) is 5.11 Å². The van der Waals surface area contributed by atoms with Crippen molar-refractivity contribution >= 4 is 5.97 Å². The van der Waals surface area contributed by atoms with E-state index in [0.29, 0.717) is 12.8 Å². The molecule has 0 spiro atoms. The summed E-state index contributed by atoms with van der Waals surface area (Å²) >= 11 is 0. The van der Waals surface area contributed by atoms with Crippen LogP contribution < -0.4 is 5.56 Å². The fourth-order valence-electron chi connectivity index (χ4n) is 1.85. The van der Waals surface area contributed by atoms with Crippen LogP contribution in [0.4, 0.5) is 0 Å². The lowest BCUT2D eigenvalue weighted by molar-refractivity contribution is -0.138. The van der Waals surface area contributed by atoms with E-state index < -0.39 is 5.97 Å². The summed E-state index contributed by atoms with van der Waals surface area (Å²) in [4.78, 5) is 21.5. The van der Waals surface area contributed by atoms with Gasteiger partial charge in [0.1, 0.15) is 0 Å². The van der Waals surface area contributed by atoms with Gasteiger partial charge in [-0.1, -0.05) is 0 Å². The van der Waals surface area contributed by atoms with Crippen LogP contribution in [0.25, 0.3) is 0 Å². The predicted octanol–water partition coefficient (Wildman–Crippen LogP) is -0.108. The summed E-state index contributed by atoms with van der Waals surface area (Å²) < 4.78 is 0. The third-order valence-electron chi connectivity index (χ3n) is 2.41. The molecule has 1 aliphatic rings. The van der Waals surface area contributed by atoms with Crippen molar-refractivity contribution in [3.63, 3.8) is 0 Å². The number of hydrogen-bond donors (Lipinski definition) is 3. The molecule has 0 saturated heterocycles. The van der Waals surface area contributed by atoms with Gasteiger partial charge in [0.25, 0.3) is 5.56 Å². The monoisotopic (exact) mass is 182 g/mol. The normalized spacial score (nSPS) is 20.2. The van der Waals surface area contributed by atoms with Crippen LogP contribution in [0, 0.1) is 5.92 Å². The van der Waals surface area contributed by atoms with Gasteiger partial charge in [-0.2, -0.15) is 0 Å². The Morgan fingerprint density at radius 1 is 1.46 bits per heavy atom. The molecule has 1 atom stereocenters. The molecule has 0 radical (unpaired) electrons. The molecule has 0 fully saturated rings. The number of rotatable bonds is 2. The number of aliphatic carboxylic acids is 1. The second-order valence-corrected chi connectivity index (χ2v) is 3.41. The highest BCUT2D eigenvalue weighted by Crippen LogP contribution is 2.24. The Hall–Kier alpha value is -1.52. The van der Waals surface area contributed by atoms with Gasteiger partial charge in [-0.3, -0.25) is 14.7 Å². The summed E-state index contributed by atoms with van der Waals surface area (Å²) in [5, 5.41) is 13.8. The number of aromatic nitrogens is 2. The molecule has 0 amide bonds. The summed E-state index contributed by atoms with van der Waals surface area (Å²) in [5.41, 5.74) is 1.49. The molecule has 0 saturated carbocycles. The van der Waals surface area contributed by atoms with Crippen LogP contribution in [0.3, 0.4) is 0 Å². The largest absolute Gasteiger partial charge is 0.481 e. The highest BCUT2D eigenvalue weighted by Gasteiger charge is 2.26. The maximum atomic E-state index is 11.1. The van der Waals surface area contributed by atoms with Gasteiger partial charge in [0.05, 0.1) is 0 Å². The standard InChI is InChI=1S/C8H10N2O3/c11-7(12)3-4-1-5-6(2-4)9-10-8(5)13/h4H,1-3H2,(H,11,12)(H2,9,10,13). The Balaban J connectivity index is 2.14. The van der Waals surface area contributed by atoms with Crippen LogP contribution in [-0.4, -0.2) is 21.3 Å². The smallest absolute Gasteiger partial charge is 0.303 e. The van der Waals surface area contributed by atoms with Crippen molar-refractivity contribution in [2.45, 2.75) is 19.3 Å². The second-order valence-electron chi connectivity index (χ2n) is 3.41. The topological polar surface area (TPSA) is 85.9 Å². The number of carboxylic acids is 1. The van der Waals surface area contributed by atoms with E-state index >= 15 is 0 Å². The van der Waals surface area contributed by atoms with Crippen molar-refractivity contribution in [1.82, 2.24) is 10.2 Å². The van der Waals surface area contributed by atoms with Crippen molar-refractivity contribution in [2.24, 2.45) is 5.92 Å². The van der Waals surface area contributed by atoms with Gasteiger partial charge in [-0.05, 0) is 18.8 Å². The Morgan fingerprint density at radius 3 is 2.85 bits per heavy atom. The average molecular weight is 182 g/mol. The highest BCUT2D eigenvalue weighted by atomic mass is 16.4. The van der Waals surface area contributed by atoms with E-state index in [9.17, 15) is 9.59 Å². The number of carboxylic acid groups (broad SMARTS) is 1. The first-order chi connectivity index (χ1) is 6.16. The number of aromatic amines is 2. The molecular formula is C8H10N2O3. The molecule has 70 valence electrons. The van der Waals surface area contributed by atoms with Gasteiger partial charge in [-0.25, -0.2) is 0 Å². The van der Waals surface area contributed by atoms with Crippen molar-refractivity contribution in [1.29, 1.82) is 0 Å². The van der Waals surface area contributed by atoms with Crippen LogP contribution in [0.1, 0.15) is 17.7 Å². The summed E-state index contributed by atoms with van der Waals surface area (Å²) in [6, 6.07) is 0. The maximum absolute atomic E-state index is 11.1. The van der Waals surface area contributed by atoms with Crippen LogP contribution >= 0.6 is 0 Å². The number of H-pyrrole nitrogens is 2. The van der Waals surface area contributed by atoms with Crippen molar-refractivity contribution in [3.8, 4) is 0 Å². The second kappa shape index (κ2) is 2.76. The fraction of sp³-hybridized carbons (Fsp3) is 0.500. The fourth-order valence-corrected chi connectivity index (χ4v) is 1.85. The minimum absolute atomic E-state index is 0.0843. The van der Waals surface area contributed by atoms with E-state index in [1.807, 2.05) is 0 Å². The molecule has 1 aromatic rings. The molecule has 0 aromatic carbocycles. The molecule has 1 unspecified atom stereocenters. The molecule has 1 aromatic heterocycles. The molecule has 3 N–H and O–H groups in total. The summed E-state index contributed by atoms with van der Waals surface area (Å²) in [6.45, 7) is 0. The maximum Gasteiger partial charge on any atom is 0.303 e. The first-order valence-electron chi connectivity index (χ1n) is 4.17. The third-order valence-corrected chi connectivity index (χ3v) is 2.41. The van der Waals surface area contributed by atoms with E-state index in [2.05, 4.69) is 10.2 Å². The zero-order valence-corrected chi connectivity index (χ0v) is 6.96. The Morgan fingerprint density at radius 2 is 2.23 bits per heavy atom. The SMILES string of the molecule is O=C(O)CC1Cc2[nH][nH]c(=O)c2C1. The molecule has 2 rings (SSSR count). The molecule has 0 bridgehead atoms. The van der Waals surface area contributed by atoms with Crippen LogP contribution in [0.5, 0.6) is 0 Å². The van der Waals surface area contributed by atoms with Crippen LogP contribution in [0.15, 0.2) is 4.79 Å². The molecule has 5 nitrogen and oxygen atoms in total. The van der Waals surface area contributed by atoms with Crippen LogP contribution in [-0.2, 0) is 17.6 Å².